The lowest BCUT2D eigenvalue weighted by molar-refractivity contribution is -0.151. The van der Waals surface area contributed by atoms with Crippen LogP contribution in [0, 0.1) is 11.2 Å². The molecule has 1 aromatic heterocycles. The van der Waals surface area contributed by atoms with Crippen LogP contribution in [0.25, 0.3) is 11.4 Å². The van der Waals surface area contributed by atoms with Crippen LogP contribution in [-0.2, 0) is 16.1 Å². The van der Waals surface area contributed by atoms with Crippen molar-refractivity contribution in [2.45, 2.75) is 13.0 Å². The Morgan fingerprint density at radius 1 is 1.46 bits per heavy atom. The smallest absolute Gasteiger partial charge is 0.313 e. The second-order valence-electron chi connectivity index (χ2n) is 6.00. The third-order valence-corrected chi connectivity index (χ3v) is 4.24. The van der Waals surface area contributed by atoms with Crippen molar-refractivity contribution in [1.29, 1.82) is 0 Å². The normalized spacial score (nSPS) is 21.2. The van der Waals surface area contributed by atoms with Crippen LogP contribution in [0.3, 0.4) is 0 Å². The number of carboxylic acid groups (broad SMARTS) is 1. The van der Waals surface area contributed by atoms with Crippen LogP contribution in [0.5, 0.6) is 0 Å². The molecule has 1 fully saturated rings. The second kappa shape index (κ2) is 6.66. The van der Waals surface area contributed by atoms with E-state index in [1.54, 1.807) is 12.1 Å². The summed E-state index contributed by atoms with van der Waals surface area (Å²) >= 11 is 0. The molecule has 8 heteroatoms. The summed E-state index contributed by atoms with van der Waals surface area (Å²) < 4.78 is 23.2. The van der Waals surface area contributed by atoms with Crippen LogP contribution >= 0.6 is 0 Å². The summed E-state index contributed by atoms with van der Waals surface area (Å²) in [6, 6.07) is 5.82. The van der Waals surface area contributed by atoms with Crippen LogP contribution in [0.1, 0.15) is 12.3 Å². The number of aromatic nitrogens is 2. The van der Waals surface area contributed by atoms with E-state index in [1.165, 1.54) is 19.2 Å². The molecule has 0 spiro atoms. The molecule has 1 N–H and O–H groups in total. The molecule has 1 aliphatic rings. The molecule has 0 aliphatic carbocycles. The molecular weight excluding hydrogens is 317 g/mol. The highest BCUT2D eigenvalue weighted by Crippen LogP contribution is 2.32. The van der Waals surface area contributed by atoms with E-state index in [9.17, 15) is 14.3 Å². The van der Waals surface area contributed by atoms with Gasteiger partial charge in [0.05, 0.1) is 13.2 Å². The average molecular weight is 335 g/mol. The van der Waals surface area contributed by atoms with Crippen molar-refractivity contribution in [1.82, 2.24) is 15.0 Å². The van der Waals surface area contributed by atoms with Crippen molar-refractivity contribution in [3.8, 4) is 11.4 Å². The number of carboxylic acids is 1. The van der Waals surface area contributed by atoms with E-state index in [2.05, 4.69) is 10.1 Å². The molecule has 7 nitrogen and oxygen atoms in total. The Labute approximate surface area is 138 Å². The number of hydrogen-bond donors (Lipinski definition) is 1. The maximum absolute atomic E-state index is 12.9. The molecule has 0 bridgehead atoms. The summed E-state index contributed by atoms with van der Waals surface area (Å²) in [5.74, 6) is -0.411. The van der Waals surface area contributed by atoms with Gasteiger partial charge in [0, 0.05) is 19.2 Å². The Morgan fingerprint density at radius 3 is 2.88 bits per heavy atom. The molecule has 0 radical (unpaired) electrons. The molecule has 128 valence electrons. The molecule has 2 heterocycles. The number of carbonyl (C=O) groups is 1. The van der Waals surface area contributed by atoms with Gasteiger partial charge in [0.1, 0.15) is 11.2 Å². The summed E-state index contributed by atoms with van der Waals surface area (Å²) in [5, 5.41) is 13.4. The maximum Gasteiger partial charge on any atom is 0.313 e. The largest absolute Gasteiger partial charge is 0.481 e. The van der Waals surface area contributed by atoms with Gasteiger partial charge < -0.3 is 14.4 Å². The number of likely N-dealkylation sites (tertiary alicyclic amines) is 1. The second-order valence-corrected chi connectivity index (χ2v) is 6.00. The van der Waals surface area contributed by atoms with Gasteiger partial charge >= 0.3 is 5.97 Å². The Morgan fingerprint density at radius 2 is 2.21 bits per heavy atom. The Balaban J connectivity index is 1.67. The number of methoxy groups -OCH3 is 1. The topological polar surface area (TPSA) is 88.7 Å². The zero-order valence-electron chi connectivity index (χ0n) is 13.2. The molecule has 24 heavy (non-hydrogen) atoms. The summed E-state index contributed by atoms with van der Waals surface area (Å²) in [6.07, 6.45) is 0.509. The van der Waals surface area contributed by atoms with Gasteiger partial charge in [-0.2, -0.15) is 4.98 Å². The minimum atomic E-state index is -0.894. The van der Waals surface area contributed by atoms with Gasteiger partial charge in [-0.15, -0.1) is 0 Å². The molecule has 1 aromatic carbocycles. The molecule has 1 unspecified atom stereocenters. The predicted molar refractivity (Wildman–Crippen MR) is 81.5 cm³/mol. The fourth-order valence-corrected chi connectivity index (χ4v) is 2.95. The van der Waals surface area contributed by atoms with Crippen molar-refractivity contribution in [2.75, 3.05) is 26.8 Å². The summed E-state index contributed by atoms with van der Waals surface area (Å²) in [5.41, 5.74) is -0.235. The SMILES string of the molecule is COCC1(C(=O)O)CCN(Cc2nc(-c3ccc(F)cc3)no2)C1. The van der Waals surface area contributed by atoms with Crippen LogP contribution < -0.4 is 0 Å². The molecule has 1 aliphatic heterocycles. The van der Waals surface area contributed by atoms with Gasteiger partial charge in [-0.1, -0.05) is 5.16 Å². The zero-order valence-corrected chi connectivity index (χ0v) is 13.2. The fraction of sp³-hybridized carbons (Fsp3) is 0.438. The van der Waals surface area contributed by atoms with Gasteiger partial charge in [0.25, 0.3) is 0 Å². The average Bonchev–Trinajstić information content (AvgIpc) is 3.17. The van der Waals surface area contributed by atoms with Crippen molar-refractivity contribution in [3.05, 3.63) is 36.0 Å². The first-order valence-corrected chi connectivity index (χ1v) is 7.56. The number of ether oxygens (including phenoxy) is 1. The lowest BCUT2D eigenvalue weighted by Gasteiger charge is -2.23. The van der Waals surface area contributed by atoms with E-state index >= 15 is 0 Å². The van der Waals surface area contributed by atoms with Crippen molar-refractivity contribution in [2.24, 2.45) is 5.41 Å². The molecular formula is C16H18FN3O4. The van der Waals surface area contributed by atoms with Crippen molar-refractivity contribution >= 4 is 5.97 Å². The quantitative estimate of drug-likeness (QED) is 0.861. The molecule has 0 saturated carbocycles. The van der Waals surface area contributed by atoms with Crippen molar-refractivity contribution < 1.29 is 23.6 Å². The van der Waals surface area contributed by atoms with Crippen LogP contribution in [-0.4, -0.2) is 52.9 Å². The fourth-order valence-electron chi connectivity index (χ4n) is 2.95. The van der Waals surface area contributed by atoms with E-state index in [1.807, 2.05) is 4.90 Å². The number of rotatable bonds is 6. The number of halogens is 1. The maximum atomic E-state index is 12.9. The summed E-state index contributed by atoms with van der Waals surface area (Å²) in [6.45, 7) is 1.52. The third kappa shape index (κ3) is 3.29. The summed E-state index contributed by atoms with van der Waals surface area (Å²) in [7, 11) is 1.50. The van der Waals surface area contributed by atoms with E-state index < -0.39 is 11.4 Å². The van der Waals surface area contributed by atoms with Gasteiger partial charge in [-0.3, -0.25) is 9.69 Å². The van der Waals surface area contributed by atoms with Crippen LogP contribution in [0.4, 0.5) is 4.39 Å². The first kappa shape index (κ1) is 16.5. The highest BCUT2D eigenvalue weighted by molar-refractivity contribution is 5.75. The highest BCUT2D eigenvalue weighted by atomic mass is 19.1. The molecule has 1 atom stereocenters. The Bertz CT molecular complexity index is 718. The number of benzene rings is 1. The van der Waals surface area contributed by atoms with E-state index in [0.717, 1.165) is 0 Å². The Kier molecular flexibility index (Phi) is 4.59. The number of hydrogen-bond acceptors (Lipinski definition) is 6. The zero-order chi connectivity index (χ0) is 17.2. The van der Waals surface area contributed by atoms with Gasteiger partial charge in [-0.25, -0.2) is 4.39 Å². The molecule has 3 rings (SSSR count). The Hall–Kier alpha value is -2.32. The third-order valence-electron chi connectivity index (χ3n) is 4.24. The first-order chi connectivity index (χ1) is 11.5. The minimum absolute atomic E-state index is 0.170. The summed E-state index contributed by atoms with van der Waals surface area (Å²) in [4.78, 5) is 17.8. The van der Waals surface area contributed by atoms with E-state index in [-0.39, 0.29) is 12.4 Å². The number of nitrogens with zero attached hydrogens (tertiary/aromatic N) is 3. The lowest BCUT2D eigenvalue weighted by atomic mass is 9.88. The predicted octanol–water partition coefficient (Wildman–Crippen LogP) is 1.80. The standard InChI is InChI=1S/C16H18FN3O4/c1-23-10-16(15(21)22)6-7-20(9-16)8-13-18-14(19-24-13)11-2-4-12(17)5-3-11/h2-5H,6-10H2,1H3,(H,21,22). The molecule has 0 amide bonds. The van der Waals surface area contributed by atoms with Crippen LogP contribution in [0.2, 0.25) is 0 Å². The monoisotopic (exact) mass is 335 g/mol. The molecule has 2 aromatic rings. The van der Waals surface area contributed by atoms with E-state index in [0.29, 0.717) is 43.3 Å². The highest BCUT2D eigenvalue weighted by Gasteiger charge is 2.45. The van der Waals surface area contributed by atoms with Gasteiger partial charge in [-0.05, 0) is 37.2 Å². The van der Waals surface area contributed by atoms with Crippen molar-refractivity contribution in [3.63, 3.8) is 0 Å². The molecule has 1 saturated heterocycles. The first-order valence-electron chi connectivity index (χ1n) is 7.56. The van der Waals surface area contributed by atoms with E-state index in [4.69, 9.17) is 9.26 Å². The van der Waals surface area contributed by atoms with Crippen LogP contribution in [0.15, 0.2) is 28.8 Å². The number of aliphatic carboxylic acids is 1. The van der Waals surface area contributed by atoms with Gasteiger partial charge in [0.15, 0.2) is 0 Å². The minimum Gasteiger partial charge on any atom is -0.481 e. The van der Waals surface area contributed by atoms with Gasteiger partial charge in [0.2, 0.25) is 11.7 Å². The lowest BCUT2D eigenvalue weighted by Crippen LogP contribution is -2.38.